The molecule has 19 heavy (non-hydrogen) atoms. The molecule has 2 atom stereocenters. The Morgan fingerprint density at radius 1 is 1.53 bits per heavy atom. The summed E-state index contributed by atoms with van der Waals surface area (Å²) in [6, 6.07) is 3.59. The molecule has 1 aromatic carbocycles. The van der Waals surface area contributed by atoms with E-state index in [1.54, 1.807) is 12.1 Å². The van der Waals surface area contributed by atoms with Gasteiger partial charge in [0, 0.05) is 35.8 Å². The Morgan fingerprint density at radius 3 is 2.89 bits per heavy atom. The molecule has 1 aliphatic rings. The fourth-order valence-electron chi connectivity index (χ4n) is 2.46. The van der Waals surface area contributed by atoms with Crippen molar-refractivity contribution in [3.8, 4) is 11.5 Å². The summed E-state index contributed by atoms with van der Waals surface area (Å²) in [5, 5.41) is 10.7. The Labute approximate surface area is 119 Å². The van der Waals surface area contributed by atoms with Crippen molar-refractivity contribution in [1.29, 1.82) is 0 Å². The quantitative estimate of drug-likeness (QED) is 0.894. The van der Waals surface area contributed by atoms with Crippen LogP contribution < -0.4 is 10.5 Å². The molecule has 0 radical (unpaired) electrons. The predicted octanol–water partition coefficient (Wildman–Crippen LogP) is 2.22. The minimum atomic E-state index is 0.166. The van der Waals surface area contributed by atoms with E-state index in [4.69, 9.17) is 22.1 Å². The molecule has 1 saturated heterocycles. The van der Waals surface area contributed by atoms with Gasteiger partial charge in [0.05, 0.1) is 7.11 Å². The van der Waals surface area contributed by atoms with E-state index in [0.29, 0.717) is 23.2 Å². The van der Waals surface area contributed by atoms with E-state index in [1.165, 1.54) is 7.11 Å². The van der Waals surface area contributed by atoms with Crippen molar-refractivity contribution in [2.45, 2.75) is 25.9 Å². The number of halogens is 1. The Morgan fingerprint density at radius 2 is 2.26 bits per heavy atom. The molecule has 4 nitrogen and oxygen atoms in total. The summed E-state index contributed by atoms with van der Waals surface area (Å²) >= 11 is 6.04. The van der Waals surface area contributed by atoms with Gasteiger partial charge in [-0.2, -0.15) is 0 Å². The number of ether oxygens (including phenoxy) is 1. The van der Waals surface area contributed by atoms with Crippen LogP contribution in [0.1, 0.15) is 18.9 Å². The second-order valence-corrected chi connectivity index (χ2v) is 5.72. The van der Waals surface area contributed by atoms with Gasteiger partial charge in [-0.05, 0) is 24.9 Å². The van der Waals surface area contributed by atoms with Crippen LogP contribution in [0.4, 0.5) is 0 Å². The molecule has 3 N–H and O–H groups in total. The first-order valence-electron chi connectivity index (χ1n) is 6.54. The molecular formula is C14H21ClN2O2. The average Bonchev–Trinajstić information content (AvgIpc) is 2.37. The van der Waals surface area contributed by atoms with Crippen molar-refractivity contribution in [2.24, 2.45) is 11.7 Å². The van der Waals surface area contributed by atoms with Crippen LogP contribution in [0.25, 0.3) is 0 Å². The van der Waals surface area contributed by atoms with Gasteiger partial charge in [-0.25, -0.2) is 0 Å². The molecule has 1 fully saturated rings. The number of hydrogen-bond acceptors (Lipinski definition) is 4. The molecule has 0 aromatic heterocycles. The summed E-state index contributed by atoms with van der Waals surface area (Å²) in [4.78, 5) is 2.25. The maximum absolute atomic E-state index is 10.1. The molecule has 2 unspecified atom stereocenters. The van der Waals surface area contributed by atoms with Crippen LogP contribution in [0.15, 0.2) is 12.1 Å². The predicted molar refractivity (Wildman–Crippen MR) is 76.7 cm³/mol. The highest BCUT2D eigenvalue weighted by Gasteiger charge is 2.24. The number of phenols is 1. The van der Waals surface area contributed by atoms with Crippen molar-refractivity contribution in [3.63, 3.8) is 0 Å². The zero-order valence-electron chi connectivity index (χ0n) is 11.4. The molecule has 2 rings (SSSR count). The van der Waals surface area contributed by atoms with Gasteiger partial charge in [0.2, 0.25) is 0 Å². The highest BCUT2D eigenvalue weighted by Crippen LogP contribution is 2.34. The van der Waals surface area contributed by atoms with Gasteiger partial charge in [0.1, 0.15) is 0 Å². The Hall–Kier alpha value is -0.970. The first-order chi connectivity index (χ1) is 9.01. The average molecular weight is 285 g/mol. The first-order valence-corrected chi connectivity index (χ1v) is 6.92. The summed E-state index contributed by atoms with van der Waals surface area (Å²) in [6.07, 6.45) is 1.08. The molecule has 5 heteroatoms. The Balaban J connectivity index is 2.13. The number of phenolic OH excluding ortho intramolecular Hbond substituents is 1. The van der Waals surface area contributed by atoms with E-state index in [-0.39, 0.29) is 11.8 Å². The van der Waals surface area contributed by atoms with Crippen molar-refractivity contribution in [1.82, 2.24) is 4.90 Å². The van der Waals surface area contributed by atoms with Crippen LogP contribution in [-0.4, -0.2) is 36.2 Å². The van der Waals surface area contributed by atoms with Crippen molar-refractivity contribution in [2.75, 3.05) is 20.2 Å². The van der Waals surface area contributed by atoms with Crippen LogP contribution in [0.3, 0.4) is 0 Å². The third kappa shape index (κ3) is 3.32. The third-order valence-electron chi connectivity index (χ3n) is 3.83. The van der Waals surface area contributed by atoms with E-state index in [1.807, 2.05) is 0 Å². The summed E-state index contributed by atoms with van der Waals surface area (Å²) in [5.74, 6) is 1.13. The molecule has 1 heterocycles. The van der Waals surface area contributed by atoms with E-state index < -0.39 is 0 Å². The third-order valence-corrected chi connectivity index (χ3v) is 4.05. The van der Waals surface area contributed by atoms with Crippen molar-refractivity contribution >= 4 is 11.6 Å². The zero-order chi connectivity index (χ0) is 14.0. The monoisotopic (exact) mass is 284 g/mol. The van der Waals surface area contributed by atoms with Crippen LogP contribution in [0.2, 0.25) is 5.02 Å². The number of likely N-dealkylation sites (tertiary alicyclic amines) is 1. The molecular weight excluding hydrogens is 264 g/mol. The summed E-state index contributed by atoms with van der Waals surface area (Å²) in [6.45, 7) is 4.66. The number of rotatable bonds is 3. The van der Waals surface area contributed by atoms with Crippen LogP contribution in [0.5, 0.6) is 11.5 Å². The molecule has 1 aromatic rings. The molecule has 0 bridgehead atoms. The van der Waals surface area contributed by atoms with Crippen LogP contribution >= 0.6 is 11.6 Å². The summed E-state index contributed by atoms with van der Waals surface area (Å²) in [5.41, 5.74) is 6.87. The Kier molecular flexibility index (Phi) is 4.55. The topological polar surface area (TPSA) is 58.7 Å². The van der Waals surface area contributed by atoms with Gasteiger partial charge in [-0.1, -0.05) is 18.5 Å². The maximum Gasteiger partial charge on any atom is 0.162 e. The lowest BCUT2D eigenvalue weighted by Crippen LogP contribution is -2.47. The maximum atomic E-state index is 10.1. The van der Waals surface area contributed by atoms with Crippen molar-refractivity contribution < 1.29 is 9.84 Å². The van der Waals surface area contributed by atoms with Gasteiger partial charge in [0.15, 0.2) is 11.5 Å². The van der Waals surface area contributed by atoms with Gasteiger partial charge in [-0.3, -0.25) is 4.90 Å². The Bertz CT molecular complexity index is 453. The number of aromatic hydroxyl groups is 1. The number of hydrogen-bond donors (Lipinski definition) is 2. The number of methoxy groups -OCH3 is 1. The lowest BCUT2D eigenvalue weighted by Gasteiger charge is -2.35. The van der Waals surface area contributed by atoms with Crippen LogP contribution in [-0.2, 0) is 6.54 Å². The van der Waals surface area contributed by atoms with Gasteiger partial charge in [-0.15, -0.1) is 0 Å². The smallest absolute Gasteiger partial charge is 0.162 e. The molecule has 0 aliphatic carbocycles. The van der Waals surface area contributed by atoms with Crippen molar-refractivity contribution in [3.05, 3.63) is 22.7 Å². The van der Waals surface area contributed by atoms with Gasteiger partial charge >= 0.3 is 0 Å². The van der Waals surface area contributed by atoms with E-state index >= 15 is 0 Å². The fourth-order valence-corrected chi connectivity index (χ4v) is 2.69. The second kappa shape index (κ2) is 5.99. The normalized spacial score (nSPS) is 24.4. The SMILES string of the molecule is COc1cc(Cl)cc(CN2CCC(C)C(N)C2)c1O. The van der Waals surface area contributed by atoms with E-state index in [9.17, 15) is 5.11 Å². The standard InChI is InChI=1S/C14H21ClN2O2/c1-9-3-4-17(8-12(9)16)7-10-5-11(15)6-13(19-2)14(10)18/h5-6,9,12,18H,3-4,7-8,16H2,1-2H3. The molecule has 0 amide bonds. The highest BCUT2D eigenvalue weighted by atomic mass is 35.5. The number of piperidine rings is 1. The molecule has 106 valence electrons. The van der Waals surface area contributed by atoms with E-state index in [0.717, 1.165) is 25.1 Å². The number of benzene rings is 1. The molecule has 0 spiro atoms. The summed E-state index contributed by atoms with van der Waals surface area (Å²) in [7, 11) is 1.52. The number of nitrogens with zero attached hydrogens (tertiary/aromatic N) is 1. The van der Waals surface area contributed by atoms with Crippen LogP contribution in [0, 0.1) is 5.92 Å². The van der Waals surface area contributed by atoms with E-state index in [2.05, 4.69) is 11.8 Å². The second-order valence-electron chi connectivity index (χ2n) is 5.28. The first kappa shape index (κ1) is 14.4. The lowest BCUT2D eigenvalue weighted by atomic mass is 9.94. The fraction of sp³-hybridized carbons (Fsp3) is 0.571. The molecule has 0 saturated carbocycles. The molecule has 1 aliphatic heterocycles. The van der Waals surface area contributed by atoms with Gasteiger partial charge < -0.3 is 15.6 Å². The summed E-state index contributed by atoms with van der Waals surface area (Å²) < 4.78 is 5.12. The lowest BCUT2D eigenvalue weighted by molar-refractivity contribution is 0.160. The minimum Gasteiger partial charge on any atom is -0.504 e. The largest absolute Gasteiger partial charge is 0.504 e. The minimum absolute atomic E-state index is 0.166. The van der Waals surface area contributed by atoms with Gasteiger partial charge in [0.25, 0.3) is 0 Å². The zero-order valence-corrected chi connectivity index (χ0v) is 12.2. The number of nitrogens with two attached hydrogens (primary N) is 1. The highest BCUT2D eigenvalue weighted by molar-refractivity contribution is 6.30.